The van der Waals surface area contributed by atoms with Gasteiger partial charge in [-0.25, -0.2) is 4.98 Å². The van der Waals surface area contributed by atoms with Crippen molar-refractivity contribution in [1.29, 1.82) is 0 Å². The highest BCUT2D eigenvalue weighted by molar-refractivity contribution is 6.30. The summed E-state index contributed by atoms with van der Waals surface area (Å²) < 4.78 is 5.57. The van der Waals surface area contributed by atoms with Crippen molar-refractivity contribution in [1.82, 2.24) is 15.3 Å². The lowest BCUT2D eigenvalue weighted by Gasteiger charge is -2.06. The third-order valence-electron chi connectivity index (χ3n) is 2.32. The molecule has 1 aromatic heterocycles. The minimum absolute atomic E-state index is 0.453. The smallest absolute Gasteiger partial charge is 0.232 e. The van der Waals surface area contributed by atoms with Crippen LogP contribution in [0.3, 0.4) is 0 Å². The van der Waals surface area contributed by atoms with Crippen LogP contribution < -0.4 is 10.1 Å². The van der Waals surface area contributed by atoms with E-state index in [0.29, 0.717) is 19.0 Å². The van der Waals surface area contributed by atoms with Gasteiger partial charge in [0.1, 0.15) is 6.61 Å². The third kappa shape index (κ3) is 3.68. The monoisotopic (exact) mass is 263 g/mol. The van der Waals surface area contributed by atoms with Crippen LogP contribution in [0.5, 0.6) is 5.88 Å². The van der Waals surface area contributed by atoms with Crippen LogP contribution in [0.2, 0.25) is 5.02 Å². The van der Waals surface area contributed by atoms with Crippen LogP contribution in [0.25, 0.3) is 0 Å². The first-order valence-corrected chi connectivity index (χ1v) is 5.98. The van der Waals surface area contributed by atoms with E-state index in [-0.39, 0.29) is 0 Å². The topological polar surface area (TPSA) is 47.0 Å². The van der Waals surface area contributed by atoms with Crippen molar-refractivity contribution in [3.05, 3.63) is 52.9 Å². The number of nitrogens with zero attached hydrogens (tertiary/aromatic N) is 2. The largest absolute Gasteiger partial charge is 0.472 e. The molecule has 18 heavy (non-hydrogen) atoms. The molecule has 0 bridgehead atoms. The van der Waals surface area contributed by atoms with E-state index in [1.807, 2.05) is 31.3 Å². The van der Waals surface area contributed by atoms with Gasteiger partial charge >= 0.3 is 0 Å². The minimum atomic E-state index is 0.453. The molecule has 0 saturated carbocycles. The Morgan fingerprint density at radius 2 is 2.00 bits per heavy atom. The molecule has 0 aliphatic carbocycles. The molecule has 0 unspecified atom stereocenters. The number of halogens is 1. The predicted octanol–water partition coefficient (Wildman–Crippen LogP) is 2.43. The molecule has 0 spiro atoms. The predicted molar refractivity (Wildman–Crippen MR) is 70.6 cm³/mol. The van der Waals surface area contributed by atoms with E-state index in [1.165, 1.54) is 0 Å². The van der Waals surface area contributed by atoms with Crippen LogP contribution in [-0.4, -0.2) is 17.0 Å². The van der Waals surface area contributed by atoms with Crippen LogP contribution >= 0.6 is 11.6 Å². The van der Waals surface area contributed by atoms with E-state index in [4.69, 9.17) is 16.3 Å². The van der Waals surface area contributed by atoms with Gasteiger partial charge in [-0.05, 0) is 24.7 Å². The van der Waals surface area contributed by atoms with Crippen molar-refractivity contribution in [2.45, 2.75) is 13.2 Å². The SMILES string of the molecule is CNCc1cncc(OCc2ccc(Cl)cc2)n1. The standard InChI is InChI=1S/C13H14ClN3O/c1-15-6-12-7-16-8-13(17-12)18-9-10-2-4-11(14)5-3-10/h2-5,7-8,15H,6,9H2,1H3. The number of hydrogen-bond donors (Lipinski definition) is 1. The second kappa shape index (κ2) is 6.33. The van der Waals surface area contributed by atoms with Gasteiger partial charge in [0.05, 0.1) is 11.9 Å². The van der Waals surface area contributed by atoms with Gasteiger partial charge in [0.25, 0.3) is 0 Å². The van der Waals surface area contributed by atoms with Gasteiger partial charge < -0.3 is 10.1 Å². The zero-order valence-electron chi connectivity index (χ0n) is 10.1. The number of hydrogen-bond acceptors (Lipinski definition) is 4. The van der Waals surface area contributed by atoms with Crippen molar-refractivity contribution in [3.63, 3.8) is 0 Å². The van der Waals surface area contributed by atoms with Crippen LogP contribution in [0, 0.1) is 0 Å². The number of ether oxygens (including phenoxy) is 1. The summed E-state index contributed by atoms with van der Waals surface area (Å²) in [5, 5.41) is 3.74. The summed E-state index contributed by atoms with van der Waals surface area (Å²) in [6.45, 7) is 1.13. The van der Waals surface area contributed by atoms with Crippen molar-refractivity contribution in [2.24, 2.45) is 0 Å². The summed E-state index contributed by atoms with van der Waals surface area (Å²) in [6, 6.07) is 7.52. The van der Waals surface area contributed by atoms with Gasteiger partial charge in [0.15, 0.2) is 0 Å². The van der Waals surface area contributed by atoms with Crippen LogP contribution in [0.15, 0.2) is 36.7 Å². The Labute approximate surface area is 111 Å². The molecular weight excluding hydrogens is 250 g/mol. The first kappa shape index (κ1) is 12.8. The Kier molecular flexibility index (Phi) is 4.50. The molecule has 0 aliphatic heterocycles. The van der Waals surface area contributed by atoms with Crippen molar-refractivity contribution < 1.29 is 4.74 Å². The Balaban J connectivity index is 1.97. The number of aromatic nitrogens is 2. The zero-order chi connectivity index (χ0) is 12.8. The van der Waals surface area contributed by atoms with Crippen molar-refractivity contribution >= 4 is 11.6 Å². The van der Waals surface area contributed by atoms with E-state index in [1.54, 1.807) is 12.4 Å². The Morgan fingerprint density at radius 3 is 2.72 bits per heavy atom. The summed E-state index contributed by atoms with van der Waals surface area (Å²) >= 11 is 5.81. The number of benzene rings is 1. The molecule has 5 heteroatoms. The lowest BCUT2D eigenvalue weighted by molar-refractivity contribution is 0.291. The van der Waals surface area contributed by atoms with Gasteiger partial charge in [-0.1, -0.05) is 23.7 Å². The molecule has 2 rings (SSSR count). The van der Waals surface area contributed by atoms with Crippen molar-refractivity contribution in [2.75, 3.05) is 7.05 Å². The first-order valence-electron chi connectivity index (χ1n) is 5.60. The molecule has 1 N–H and O–H groups in total. The van der Waals surface area contributed by atoms with Gasteiger partial charge in [-0.15, -0.1) is 0 Å². The summed E-state index contributed by atoms with van der Waals surface area (Å²) in [7, 11) is 1.86. The average molecular weight is 264 g/mol. The lowest BCUT2D eigenvalue weighted by atomic mass is 10.2. The first-order chi connectivity index (χ1) is 8.78. The highest BCUT2D eigenvalue weighted by Crippen LogP contribution is 2.12. The molecule has 0 saturated heterocycles. The fourth-order valence-electron chi connectivity index (χ4n) is 1.46. The second-order valence-electron chi connectivity index (χ2n) is 3.79. The highest BCUT2D eigenvalue weighted by atomic mass is 35.5. The molecule has 1 heterocycles. The molecule has 0 atom stereocenters. The minimum Gasteiger partial charge on any atom is -0.472 e. The second-order valence-corrected chi connectivity index (χ2v) is 4.23. The normalized spacial score (nSPS) is 10.3. The number of rotatable bonds is 5. The van der Waals surface area contributed by atoms with Crippen LogP contribution in [0.4, 0.5) is 0 Å². The van der Waals surface area contributed by atoms with Crippen LogP contribution in [-0.2, 0) is 13.2 Å². The third-order valence-corrected chi connectivity index (χ3v) is 2.57. The Morgan fingerprint density at radius 1 is 1.22 bits per heavy atom. The molecular formula is C13H14ClN3O. The summed E-state index contributed by atoms with van der Waals surface area (Å²) in [4.78, 5) is 8.40. The molecule has 0 aliphatic rings. The van der Waals surface area contributed by atoms with Gasteiger partial charge in [-0.3, -0.25) is 4.98 Å². The van der Waals surface area contributed by atoms with E-state index in [9.17, 15) is 0 Å². The lowest BCUT2D eigenvalue weighted by Crippen LogP contribution is -2.08. The van der Waals surface area contributed by atoms with Gasteiger partial charge in [0, 0.05) is 17.8 Å². The molecule has 0 amide bonds. The van der Waals surface area contributed by atoms with Gasteiger partial charge in [0.2, 0.25) is 5.88 Å². The van der Waals surface area contributed by atoms with Gasteiger partial charge in [-0.2, -0.15) is 0 Å². The Hall–Kier alpha value is -1.65. The summed E-state index contributed by atoms with van der Waals surface area (Å²) in [5.74, 6) is 0.526. The van der Waals surface area contributed by atoms with E-state index in [0.717, 1.165) is 16.3 Å². The summed E-state index contributed by atoms with van der Waals surface area (Å²) in [5.41, 5.74) is 1.89. The molecule has 94 valence electrons. The van der Waals surface area contributed by atoms with E-state index < -0.39 is 0 Å². The molecule has 0 fully saturated rings. The quantitative estimate of drug-likeness (QED) is 0.900. The maximum absolute atomic E-state index is 5.81. The fourth-order valence-corrected chi connectivity index (χ4v) is 1.59. The molecule has 4 nitrogen and oxygen atoms in total. The Bertz CT molecular complexity index is 502. The van der Waals surface area contributed by atoms with Crippen molar-refractivity contribution in [3.8, 4) is 5.88 Å². The maximum Gasteiger partial charge on any atom is 0.232 e. The molecule has 2 aromatic rings. The maximum atomic E-state index is 5.81. The molecule has 0 radical (unpaired) electrons. The average Bonchev–Trinajstić information content (AvgIpc) is 2.39. The van der Waals surface area contributed by atoms with Crippen LogP contribution in [0.1, 0.15) is 11.3 Å². The van der Waals surface area contributed by atoms with E-state index >= 15 is 0 Å². The fraction of sp³-hybridized carbons (Fsp3) is 0.231. The number of nitrogens with one attached hydrogen (secondary N) is 1. The van der Waals surface area contributed by atoms with E-state index in [2.05, 4.69) is 15.3 Å². The highest BCUT2D eigenvalue weighted by Gasteiger charge is 2.00. The molecule has 1 aromatic carbocycles. The zero-order valence-corrected chi connectivity index (χ0v) is 10.8. The summed E-state index contributed by atoms with van der Waals surface area (Å²) in [6.07, 6.45) is 3.32.